The molecule has 1 aromatic heterocycles. The zero-order valence-corrected chi connectivity index (χ0v) is 17.2. The number of rotatable bonds is 5. The Morgan fingerprint density at radius 2 is 2.21 bits per heavy atom. The summed E-state index contributed by atoms with van der Waals surface area (Å²) in [4.78, 5) is 24.4. The second kappa shape index (κ2) is 8.14. The van der Waals surface area contributed by atoms with Crippen molar-refractivity contribution in [2.75, 3.05) is 18.0 Å². The van der Waals surface area contributed by atoms with Gasteiger partial charge in [-0.1, -0.05) is 5.16 Å². The molecule has 1 fully saturated rings. The summed E-state index contributed by atoms with van der Waals surface area (Å²) in [5.74, 6) is -0.0671. The number of anilines is 1. The van der Waals surface area contributed by atoms with Gasteiger partial charge in [0.15, 0.2) is 0 Å². The van der Waals surface area contributed by atoms with Crippen molar-refractivity contribution in [2.45, 2.75) is 26.9 Å². The van der Waals surface area contributed by atoms with Crippen LogP contribution < -0.4 is 10.2 Å². The number of aromatic nitrogens is 1. The predicted molar refractivity (Wildman–Crippen MR) is 105 cm³/mol. The summed E-state index contributed by atoms with van der Waals surface area (Å²) in [6.07, 6.45) is 0.579. The van der Waals surface area contributed by atoms with Crippen LogP contribution in [0.2, 0.25) is 0 Å². The lowest BCUT2D eigenvalue weighted by atomic mass is 10.1. The summed E-state index contributed by atoms with van der Waals surface area (Å²) in [7, 11) is 0. The maximum atomic E-state index is 14.6. The van der Waals surface area contributed by atoms with Gasteiger partial charge in [0.25, 0.3) is 0 Å². The van der Waals surface area contributed by atoms with Gasteiger partial charge in [-0.15, -0.1) is 0 Å². The Balaban J connectivity index is 1.78. The largest absolute Gasteiger partial charge is 0.442 e. The molecule has 28 heavy (non-hydrogen) atoms. The van der Waals surface area contributed by atoms with Crippen molar-refractivity contribution in [3.05, 3.63) is 46.6 Å². The summed E-state index contributed by atoms with van der Waals surface area (Å²) in [5.41, 5.74) is 2.20. The lowest BCUT2D eigenvalue weighted by Crippen LogP contribution is -2.33. The van der Waals surface area contributed by atoms with Crippen molar-refractivity contribution in [3.8, 4) is 0 Å². The zero-order chi connectivity index (χ0) is 20.4. The average molecular weight is 452 g/mol. The minimum atomic E-state index is -0.574. The maximum absolute atomic E-state index is 14.6. The predicted octanol–water partition coefficient (Wildman–Crippen LogP) is 3.78. The van der Waals surface area contributed by atoms with Crippen molar-refractivity contribution in [3.63, 3.8) is 0 Å². The Bertz CT molecular complexity index is 937. The first-order valence-electron chi connectivity index (χ1n) is 8.59. The zero-order valence-electron chi connectivity index (χ0n) is 15.6. The molecule has 2 aromatic rings. The number of benzene rings is 1. The third-order valence-electron chi connectivity index (χ3n) is 4.30. The Morgan fingerprint density at radius 3 is 2.82 bits per heavy atom. The topological polar surface area (TPSA) is 84.7 Å². The van der Waals surface area contributed by atoms with Crippen molar-refractivity contribution < 1.29 is 23.2 Å². The number of aryl methyl sites for hydroxylation is 2. The molecular weight excluding hydrogens is 433 g/mol. The van der Waals surface area contributed by atoms with Gasteiger partial charge in [0.1, 0.15) is 17.7 Å². The second-order valence-electron chi connectivity index (χ2n) is 6.45. The van der Waals surface area contributed by atoms with Gasteiger partial charge in [-0.05, 0) is 54.1 Å². The number of hydrogen-bond acceptors (Lipinski definition) is 5. The van der Waals surface area contributed by atoms with Gasteiger partial charge in [0, 0.05) is 17.0 Å². The standard InChI is InChI=1S/C19H19BrFN3O4/c1-10-18(11(2)28-23-10)16(20)6-13-4-5-14(7-17(13)21)24-9-15(27-19(24)26)8-22-12(3)25/h4-7,15H,8-9H2,1-3H3,(H,22,25)/t15-/m0/s1. The number of halogens is 2. The molecule has 148 valence electrons. The van der Waals surface area contributed by atoms with Crippen LogP contribution >= 0.6 is 15.9 Å². The first-order valence-corrected chi connectivity index (χ1v) is 9.38. The SMILES string of the molecule is CC(=O)NC[C@H]1CN(c2ccc(C=C(Br)c3c(C)noc3C)c(F)c2)C(=O)O1. The van der Waals surface area contributed by atoms with Crippen molar-refractivity contribution in [2.24, 2.45) is 0 Å². The van der Waals surface area contributed by atoms with Gasteiger partial charge in [-0.25, -0.2) is 9.18 Å². The van der Waals surface area contributed by atoms with E-state index in [9.17, 15) is 14.0 Å². The highest BCUT2D eigenvalue weighted by Crippen LogP contribution is 2.31. The van der Waals surface area contributed by atoms with E-state index < -0.39 is 18.0 Å². The first kappa shape index (κ1) is 20.1. The van der Waals surface area contributed by atoms with E-state index in [0.29, 0.717) is 27.2 Å². The van der Waals surface area contributed by atoms with Gasteiger partial charge in [0.05, 0.1) is 30.0 Å². The van der Waals surface area contributed by atoms with E-state index in [2.05, 4.69) is 26.4 Å². The number of ether oxygens (including phenoxy) is 1. The van der Waals surface area contributed by atoms with Crippen LogP contribution in [0, 0.1) is 19.7 Å². The van der Waals surface area contributed by atoms with E-state index in [1.54, 1.807) is 32.1 Å². The van der Waals surface area contributed by atoms with E-state index >= 15 is 0 Å². The third kappa shape index (κ3) is 4.24. The van der Waals surface area contributed by atoms with Crippen LogP contribution in [0.5, 0.6) is 0 Å². The van der Waals surface area contributed by atoms with Crippen LogP contribution in [-0.2, 0) is 9.53 Å². The molecule has 1 aromatic carbocycles. The summed E-state index contributed by atoms with van der Waals surface area (Å²) in [6.45, 7) is 5.41. The van der Waals surface area contributed by atoms with Crippen LogP contribution in [0.1, 0.15) is 29.5 Å². The molecule has 1 atom stereocenters. The van der Waals surface area contributed by atoms with E-state index in [4.69, 9.17) is 9.26 Å². The molecule has 1 aliphatic heterocycles. The molecule has 7 nitrogen and oxygen atoms in total. The lowest BCUT2D eigenvalue weighted by Gasteiger charge is -2.14. The fourth-order valence-electron chi connectivity index (χ4n) is 2.93. The van der Waals surface area contributed by atoms with Crippen LogP contribution in [-0.4, -0.2) is 36.4 Å². The summed E-state index contributed by atoms with van der Waals surface area (Å²) >= 11 is 3.44. The average Bonchev–Trinajstić information content (AvgIpc) is 3.16. The van der Waals surface area contributed by atoms with Crippen molar-refractivity contribution >= 4 is 44.2 Å². The van der Waals surface area contributed by atoms with E-state index in [1.165, 1.54) is 17.9 Å². The monoisotopic (exact) mass is 451 g/mol. The fourth-order valence-corrected chi connectivity index (χ4v) is 3.74. The van der Waals surface area contributed by atoms with E-state index in [-0.39, 0.29) is 19.0 Å². The summed E-state index contributed by atoms with van der Waals surface area (Å²) < 4.78 is 25.6. The molecule has 1 aliphatic rings. The Labute approximate surface area is 169 Å². The van der Waals surface area contributed by atoms with Gasteiger partial charge < -0.3 is 14.6 Å². The number of cyclic esters (lactones) is 1. The van der Waals surface area contributed by atoms with Crippen LogP contribution in [0.3, 0.4) is 0 Å². The Kier molecular flexibility index (Phi) is 5.83. The number of nitrogens with zero attached hydrogens (tertiary/aromatic N) is 2. The molecule has 0 unspecified atom stereocenters. The van der Waals surface area contributed by atoms with Crippen LogP contribution in [0.25, 0.3) is 10.6 Å². The Morgan fingerprint density at radius 1 is 1.46 bits per heavy atom. The number of amides is 2. The minimum absolute atomic E-state index is 0.208. The molecule has 0 bridgehead atoms. The number of hydrogen-bond donors (Lipinski definition) is 1. The molecular formula is C19H19BrFN3O4. The van der Waals surface area contributed by atoms with E-state index in [1.807, 2.05) is 0 Å². The quantitative estimate of drug-likeness (QED) is 0.747. The number of carbonyl (C=O) groups excluding carboxylic acids is 2. The van der Waals surface area contributed by atoms with Crippen molar-refractivity contribution in [1.82, 2.24) is 10.5 Å². The molecule has 0 radical (unpaired) electrons. The molecule has 9 heteroatoms. The highest BCUT2D eigenvalue weighted by molar-refractivity contribution is 9.15. The summed E-state index contributed by atoms with van der Waals surface area (Å²) in [6, 6.07) is 4.50. The summed E-state index contributed by atoms with van der Waals surface area (Å²) in [5, 5.41) is 6.49. The first-order chi connectivity index (χ1) is 13.3. The van der Waals surface area contributed by atoms with Gasteiger partial charge in [0.2, 0.25) is 5.91 Å². The lowest BCUT2D eigenvalue weighted by molar-refractivity contribution is -0.119. The molecule has 3 rings (SSSR count). The van der Waals surface area contributed by atoms with Gasteiger partial charge >= 0.3 is 6.09 Å². The number of carbonyl (C=O) groups is 2. The molecule has 0 saturated carbocycles. The van der Waals surface area contributed by atoms with Gasteiger partial charge in [-0.3, -0.25) is 9.69 Å². The molecule has 2 heterocycles. The smallest absolute Gasteiger partial charge is 0.414 e. The van der Waals surface area contributed by atoms with Gasteiger partial charge in [-0.2, -0.15) is 0 Å². The van der Waals surface area contributed by atoms with Crippen molar-refractivity contribution in [1.29, 1.82) is 0 Å². The molecule has 0 spiro atoms. The van der Waals surface area contributed by atoms with Crippen LogP contribution in [0.4, 0.5) is 14.9 Å². The van der Waals surface area contributed by atoms with E-state index in [0.717, 1.165) is 5.56 Å². The van der Waals surface area contributed by atoms with Crippen LogP contribution in [0.15, 0.2) is 22.7 Å². The number of nitrogens with one attached hydrogen (secondary N) is 1. The highest BCUT2D eigenvalue weighted by Gasteiger charge is 2.32. The highest BCUT2D eigenvalue weighted by atomic mass is 79.9. The molecule has 2 amide bonds. The third-order valence-corrected chi connectivity index (χ3v) is 4.93. The molecule has 1 N–H and O–H groups in total. The normalized spacial score (nSPS) is 17.0. The Hall–Kier alpha value is -2.68. The molecule has 0 aliphatic carbocycles. The fraction of sp³-hybridized carbons (Fsp3) is 0.316. The second-order valence-corrected chi connectivity index (χ2v) is 7.31. The minimum Gasteiger partial charge on any atom is -0.442 e. The molecule has 1 saturated heterocycles. The maximum Gasteiger partial charge on any atom is 0.414 e.